The lowest BCUT2D eigenvalue weighted by molar-refractivity contribution is -0.153. The molecule has 2 rings (SSSR count). The smallest absolute Gasteiger partial charge is 0.422 e. The Morgan fingerprint density at radius 2 is 1.93 bits per heavy atom. The fourth-order valence-corrected chi connectivity index (χ4v) is 2.29. The van der Waals surface area contributed by atoms with Crippen LogP contribution < -0.4 is 15.4 Å². The van der Waals surface area contributed by atoms with Gasteiger partial charge < -0.3 is 15.4 Å². The van der Waals surface area contributed by atoms with Crippen LogP contribution in [-0.2, 0) is 4.79 Å². The summed E-state index contributed by atoms with van der Waals surface area (Å²) in [6, 6.07) is 5.57. The molecule has 0 saturated carbocycles. The zero-order valence-electron chi connectivity index (χ0n) is 15.6. The third-order valence-electron chi connectivity index (χ3n) is 3.80. The molecule has 2 aromatic rings. The van der Waals surface area contributed by atoms with E-state index in [1.807, 2.05) is 0 Å². The summed E-state index contributed by atoms with van der Waals surface area (Å²) in [5.74, 6) is -2.06. The molecule has 0 bridgehead atoms. The maximum Gasteiger partial charge on any atom is 0.422 e. The summed E-state index contributed by atoms with van der Waals surface area (Å²) in [6.45, 7) is 1.62. The van der Waals surface area contributed by atoms with Gasteiger partial charge in [0.1, 0.15) is 5.82 Å². The molecule has 1 unspecified atom stereocenters. The van der Waals surface area contributed by atoms with Gasteiger partial charge in [-0.3, -0.25) is 9.59 Å². The van der Waals surface area contributed by atoms with Crippen molar-refractivity contribution in [2.45, 2.75) is 32.5 Å². The molecule has 2 N–H and O–H groups in total. The maximum atomic E-state index is 13.7. The van der Waals surface area contributed by atoms with Crippen LogP contribution in [0.3, 0.4) is 0 Å². The van der Waals surface area contributed by atoms with Crippen LogP contribution in [-0.4, -0.2) is 29.6 Å². The fraction of sp³-hybridized carbons (Fsp3) is 0.316. The average Bonchev–Trinajstić information content (AvgIpc) is 2.66. The zero-order chi connectivity index (χ0) is 21.6. The Morgan fingerprint density at radius 1 is 1.21 bits per heavy atom. The Labute approximate surface area is 164 Å². The van der Waals surface area contributed by atoms with Crippen LogP contribution in [0.2, 0.25) is 0 Å². The predicted molar refractivity (Wildman–Crippen MR) is 97.0 cm³/mol. The number of anilines is 1. The molecular weight excluding hydrogens is 394 g/mol. The van der Waals surface area contributed by atoms with Crippen molar-refractivity contribution in [3.63, 3.8) is 0 Å². The molecule has 0 spiro atoms. The molecule has 6 nitrogen and oxygen atoms in total. The Hall–Kier alpha value is -3.17. The fourth-order valence-electron chi connectivity index (χ4n) is 2.29. The molecule has 1 aromatic carbocycles. The summed E-state index contributed by atoms with van der Waals surface area (Å²) in [5.41, 5.74) is 0.569. The van der Waals surface area contributed by atoms with E-state index in [0.29, 0.717) is 5.56 Å². The van der Waals surface area contributed by atoms with Crippen molar-refractivity contribution in [2.75, 3.05) is 11.9 Å². The van der Waals surface area contributed by atoms with Gasteiger partial charge in [0.05, 0.1) is 6.04 Å². The number of hydrogen-bond acceptors (Lipinski definition) is 4. The Balaban J connectivity index is 2.09. The van der Waals surface area contributed by atoms with Gasteiger partial charge in [-0.1, -0.05) is 13.0 Å². The van der Waals surface area contributed by atoms with E-state index in [9.17, 15) is 27.2 Å². The van der Waals surface area contributed by atoms with Crippen LogP contribution in [0.15, 0.2) is 36.5 Å². The van der Waals surface area contributed by atoms with Gasteiger partial charge in [0.15, 0.2) is 18.2 Å². The van der Waals surface area contributed by atoms with Crippen LogP contribution in [0.5, 0.6) is 5.75 Å². The molecule has 1 aromatic heterocycles. The van der Waals surface area contributed by atoms with Crippen LogP contribution in [0.4, 0.5) is 23.4 Å². The second-order valence-electron chi connectivity index (χ2n) is 6.12. The van der Waals surface area contributed by atoms with Gasteiger partial charge in [-0.25, -0.2) is 9.37 Å². The van der Waals surface area contributed by atoms with Gasteiger partial charge in [-0.15, -0.1) is 0 Å². The first-order chi connectivity index (χ1) is 13.6. The van der Waals surface area contributed by atoms with E-state index in [1.165, 1.54) is 24.4 Å². The van der Waals surface area contributed by atoms with Crippen LogP contribution >= 0.6 is 0 Å². The summed E-state index contributed by atoms with van der Waals surface area (Å²) in [7, 11) is 0. The molecular formula is C19H19F4N3O3. The Morgan fingerprint density at radius 3 is 2.59 bits per heavy atom. The van der Waals surface area contributed by atoms with Crippen molar-refractivity contribution < 1.29 is 31.9 Å². The lowest BCUT2D eigenvalue weighted by Gasteiger charge is -2.17. The molecule has 0 saturated heterocycles. The minimum atomic E-state index is -4.60. The topological polar surface area (TPSA) is 80.3 Å². The number of aromatic nitrogens is 1. The second kappa shape index (κ2) is 9.35. The number of hydrogen-bond donors (Lipinski definition) is 2. The summed E-state index contributed by atoms with van der Waals surface area (Å²) in [4.78, 5) is 27.8. The molecule has 10 heteroatoms. The molecule has 0 aliphatic heterocycles. The number of amides is 2. The molecule has 29 heavy (non-hydrogen) atoms. The third kappa shape index (κ3) is 6.74. The van der Waals surface area contributed by atoms with Crippen molar-refractivity contribution in [2.24, 2.45) is 0 Å². The number of carbonyl (C=O) groups is 2. The normalized spacial score (nSPS) is 12.2. The standard InChI is InChI=1S/C19H19F4N3O3/c1-3-17(27)26-16-9-13(6-7-24-16)18(28)25-11(2)12-4-5-14(20)15(8-12)29-10-19(21,22)23/h4-9,11H,3,10H2,1-2H3,(H,25,28)(H,24,26,27). The van der Waals surface area contributed by atoms with E-state index in [2.05, 4.69) is 20.4 Å². The van der Waals surface area contributed by atoms with E-state index >= 15 is 0 Å². The van der Waals surface area contributed by atoms with E-state index in [0.717, 1.165) is 12.1 Å². The van der Waals surface area contributed by atoms with Gasteiger partial charge in [0, 0.05) is 18.2 Å². The number of alkyl halides is 3. The van der Waals surface area contributed by atoms with Crippen molar-refractivity contribution in [3.05, 3.63) is 53.5 Å². The van der Waals surface area contributed by atoms with Crippen LogP contribution in [0.25, 0.3) is 0 Å². The molecule has 156 valence electrons. The number of nitrogens with one attached hydrogen (secondary N) is 2. The summed E-state index contributed by atoms with van der Waals surface area (Å²) < 4.78 is 55.0. The monoisotopic (exact) mass is 413 g/mol. The van der Waals surface area contributed by atoms with Crippen molar-refractivity contribution in [1.29, 1.82) is 0 Å². The predicted octanol–water partition coefficient (Wildman–Crippen LogP) is 4.00. The number of nitrogens with zero attached hydrogens (tertiary/aromatic N) is 1. The lowest BCUT2D eigenvalue weighted by atomic mass is 10.1. The highest BCUT2D eigenvalue weighted by atomic mass is 19.4. The largest absolute Gasteiger partial charge is 0.481 e. The number of pyridine rings is 1. The minimum Gasteiger partial charge on any atom is -0.481 e. The number of carbonyl (C=O) groups excluding carboxylic acids is 2. The van der Waals surface area contributed by atoms with E-state index in [4.69, 9.17) is 0 Å². The molecule has 0 radical (unpaired) electrons. The maximum absolute atomic E-state index is 13.7. The third-order valence-corrected chi connectivity index (χ3v) is 3.80. The van der Waals surface area contributed by atoms with Gasteiger partial charge in [0.2, 0.25) is 5.91 Å². The van der Waals surface area contributed by atoms with Crippen LogP contribution in [0.1, 0.15) is 42.2 Å². The van der Waals surface area contributed by atoms with E-state index in [-0.39, 0.29) is 23.7 Å². The van der Waals surface area contributed by atoms with Gasteiger partial charge in [-0.2, -0.15) is 13.2 Å². The Bertz CT molecular complexity index is 887. The average molecular weight is 413 g/mol. The highest BCUT2D eigenvalue weighted by molar-refractivity contribution is 5.96. The van der Waals surface area contributed by atoms with Gasteiger partial charge in [0.25, 0.3) is 5.91 Å². The molecule has 0 aliphatic carbocycles. The number of ether oxygens (including phenoxy) is 1. The quantitative estimate of drug-likeness (QED) is 0.673. The van der Waals surface area contributed by atoms with E-state index < -0.39 is 36.3 Å². The van der Waals surface area contributed by atoms with Crippen molar-refractivity contribution in [1.82, 2.24) is 10.3 Å². The first-order valence-electron chi connectivity index (χ1n) is 8.65. The molecule has 1 atom stereocenters. The first-order valence-corrected chi connectivity index (χ1v) is 8.65. The van der Waals surface area contributed by atoms with Crippen molar-refractivity contribution in [3.8, 4) is 5.75 Å². The molecule has 0 fully saturated rings. The number of rotatable bonds is 7. The molecule has 2 amide bonds. The summed E-state index contributed by atoms with van der Waals surface area (Å²) in [5, 5.41) is 5.18. The van der Waals surface area contributed by atoms with Gasteiger partial charge in [-0.05, 0) is 36.8 Å². The SMILES string of the molecule is CCC(=O)Nc1cc(C(=O)NC(C)c2ccc(F)c(OCC(F)(F)F)c2)ccn1. The highest BCUT2D eigenvalue weighted by Crippen LogP contribution is 2.25. The number of benzene rings is 1. The second-order valence-corrected chi connectivity index (χ2v) is 6.12. The Kier molecular flexibility index (Phi) is 7.13. The highest BCUT2D eigenvalue weighted by Gasteiger charge is 2.29. The number of halogens is 4. The zero-order valence-corrected chi connectivity index (χ0v) is 15.6. The first kappa shape index (κ1) is 22.1. The lowest BCUT2D eigenvalue weighted by Crippen LogP contribution is -2.27. The van der Waals surface area contributed by atoms with Gasteiger partial charge >= 0.3 is 6.18 Å². The summed E-state index contributed by atoms with van der Waals surface area (Å²) >= 11 is 0. The summed E-state index contributed by atoms with van der Waals surface area (Å²) in [6.07, 6.45) is -3.00. The van der Waals surface area contributed by atoms with E-state index in [1.54, 1.807) is 13.8 Å². The molecule has 0 aliphatic rings. The van der Waals surface area contributed by atoms with Crippen molar-refractivity contribution >= 4 is 17.6 Å². The molecule has 1 heterocycles. The van der Waals surface area contributed by atoms with Crippen LogP contribution in [0, 0.1) is 5.82 Å². The minimum absolute atomic E-state index is 0.210.